The van der Waals surface area contributed by atoms with E-state index >= 15 is 0 Å². The van der Waals surface area contributed by atoms with Gasteiger partial charge in [-0.25, -0.2) is 4.98 Å². The van der Waals surface area contributed by atoms with Crippen molar-refractivity contribution in [1.82, 2.24) is 4.98 Å². The van der Waals surface area contributed by atoms with Crippen LogP contribution in [0.2, 0.25) is 0 Å². The number of carbonyl (C=O) groups is 1. The zero-order valence-corrected chi connectivity index (χ0v) is 9.42. The molecule has 3 rings (SSSR count). The molecule has 1 aromatic rings. The van der Waals surface area contributed by atoms with Crippen LogP contribution in [0.4, 0.5) is 5.13 Å². The van der Waals surface area contributed by atoms with E-state index in [0.29, 0.717) is 5.92 Å². The zero-order valence-electron chi connectivity index (χ0n) is 8.61. The minimum Gasteiger partial charge on any atom is -0.348 e. The lowest BCUT2D eigenvalue weighted by Gasteiger charge is -2.12. The monoisotopic (exact) mass is 222 g/mol. The molecule has 0 bridgehead atoms. The van der Waals surface area contributed by atoms with E-state index < -0.39 is 0 Å². The molecule has 1 aliphatic heterocycles. The van der Waals surface area contributed by atoms with Crippen molar-refractivity contribution in [3.63, 3.8) is 0 Å². The van der Waals surface area contributed by atoms with E-state index in [2.05, 4.69) is 9.88 Å². The number of aldehydes is 1. The van der Waals surface area contributed by atoms with Gasteiger partial charge in [-0.3, -0.25) is 4.79 Å². The molecule has 0 N–H and O–H groups in total. The van der Waals surface area contributed by atoms with E-state index in [4.69, 9.17) is 0 Å². The lowest BCUT2D eigenvalue weighted by atomic mass is 10.3. The van der Waals surface area contributed by atoms with E-state index in [9.17, 15) is 4.79 Å². The van der Waals surface area contributed by atoms with Crippen LogP contribution < -0.4 is 4.90 Å². The maximum absolute atomic E-state index is 10.9. The lowest BCUT2D eigenvalue weighted by Crippen LogP contribution is -2.17. The molecule has 1 saturated heterocycles. The van der Waals surface area contributed by atoms with Crippen molar-refractivity contribution < 1.29 is 4.79 Å². The van der Waals surface area contributed by atoms with E-state index in [0.717, 1.165) is 35.1 Å². The van der Waals surface area contributed by atoms with Gasteiger partial charge in [0.25, 0.3) is 0 Å². The molecule has 2 heterocycles. The van der Waals surface area contributed by atoms with Crippen molar-refractivity contribution in [1.29, 1.82) is 0 Å². The van der Waals surface area contributed by atoms with Gasteiger partial charge in [-0.2, -0.15) is 0 Å². The number of carbonyl (C=O) groups excluding carboxylic acids is 1. The van der Waals surface area contributed by atoms with Gasteiger partial charge in [0.2, 0.25) is 0 Å². The predicted octanol–water partition coefficient (Wildman–Crippen LogP) is 2.43. The van der Waals surface area contributed by atoms with Crippen LogP contribution in [-0.4, -0.2) is 24.4 Å². The fraction of sp³-hybridized carbons (Fsp3) is 0.636. The average molecular weight is 222 g/mol. The van der Waals surface area contributed by atoms with Crippen LogP contribution in [0.5, 0.6) is 0 Å². The lowest BCUT2D eigenvalue weighted by molar-refractivity contribution is 0.112. The molecule has 1 aromatic heterocycles. The molecule has 0 radical (unpaired) electrons. The van der Waals surface area contributed by atoms with Gasteiger partial charge in [-0.1, -0.05) is 11.3 Å². The smallest absolute Gasteiger partial charge is 0.186 e. The summed E-state index contributed by atoms with van der Waals surface area (Å²) in [6.45, 7) is 2.21. The fourth-order valence-electron chi connectivity index (χ4n) is 2.11. The summed E-state index contributed by atoms with van der Waals surface area (Å²) in [5.74, 6) is 0.581. The summed E-state index contributed by atoms with van der Waals surface area (Å²) in [6, 6.07) is 0. The Balaban J connectivity index is 1.91. The molecule has 1 saturated carbocycles. The van der Waals surface area contributed by atoms with Crippen molar-refractivity contribution in [2.45, 2.75) is 31.6 Å². The Hall–Kier alpha value is -0.900. The molecule has 0 aromatic carbocycles. The SMILES string of the molecule is O=Cc1sc(N2CCCC2)nc1C1CC1. The Bertz CT molecular complexity index is 378. The molecule has 2 aliphatic rings. The summed E-state index contributed by atoms with van der Waals surface area (Å²) in [5.41, 5.74) is 1.07. The van der Waals surface area contributed by atoms with Gasteiger partial charge in [0.15, 0.2) is 11.4 Å². The maximum atomic E-state index is 10.9. The van der Waals surface area contributed by atoms with Gasteiger partial charge in [-0.05, 0) is 25.7 Å². The molecule has 15 heavy (non-hydrogen) atoms. The van der Waals surface area contributed by atoms with Crippen molar-refractivity contribution >= 4 is 22.8 Å². The molecular formula is C11H14N2OS. The van der Waals surface area contributed by atoms with Gasteiger partial charge in [0, 0.05) is 19.0 Å². The summed E-state index contributed by atoms with van der Waals surface area (Å²) < 4.78 is 0. The Kier molecular flexibility index (Phi) is 2.24. The number of hydrogen-bond donors (Lipinski definition) is 0. The van der Waals surface area contributed by atoms with Crippen molar-refractivity contribution in [2.75, 3.05) is 18.0 Å². The van der Waals surface area contributed by atoms with Crippen molar-refractivity contribution in [3.05, 3.63) is 10.6 Å². The number of thiazole rings is 1. The summed E-state index contributed by atoms with van der Waals surface area (Å²) in [4.78, 5) is 18.7. The highest BCUT2D eigenvalue weighted by Crippen LogP contribution is 2.43. The quantitative estimate of drug-likeness (QED) is 0.736. The van der Waals surface area contributed by atoms with E-state index in [-0.39, 0.29) is 0 Å². The molecule has 0 atom stereocenters. The first-order valence-corrected chi connectivity index (χ1v) is 6.41. The summed E-state index contributed by atoms with van der Waals surface area (Å²) >= 11 is 1.57. The Morgan fingerprint density at radius 3 is 2.67 bits per heavy atom. The number of aromatic nitrogens is 1. The van der Waals surface area contributed by atoms with Gasteiger partial charge in [0.1, 0.15) is 0 Å². The van der Waals surface area contributed by atoms with Crippen LogP contribution >= 0.6 is 11.3 Å². The van der Waals surface area contributed by atoms with Gasteiger partial charge < -0.3 is 4.90 Å². The largest absolute Gasteiger partial charge is 0.348 e. The van der Waals surface area contributed by atoms with Gasteiger partial charge in [-0.15, -0.1) is 0 Å². The van der Waals surface area contributed by atoms with Crippen molar-refractivity contribution in [2.24, 2.45) is 0 Å². The Morgan fingerprint density at radius 1 is 1.33 bits per heavy atom. The fourth-order valence-corrected chi connectivity index (χ4v) is 3.13. The van der Waals surface area contributed by atoms with E-state index in [1.165, 1.54) is 25.7 Å². The predicted molar refractivity (Wildman–Crippen MR) is 60.9 cm³/mol. The topological polar surface area (TPSA) is 33.2 Å². The summed E-state index contributed by atoms with van der Waals surface area (Å²) in [5, 5.41) is 1.07. The summed E-state index contributed by atoms with van der Waals surface area (Å²) in [7, 11) is 0. The number of nitrogens with zero attached hydrogens (tertiary/aromatic N) is 2. The molecule has 0 unspecified atom stereocenters. The minimum absolute atomic E-state index is 0.581. The number of hydrogen-bond acceptors (Lipinski definition) is 4. The Morgan fingerprint density at radius 2 is 2.07 bits per heavy atom. The third kappa shape index (κ3) is 1.67. The molecule has 4 heteroatoms. The highest BCUT2D eigenvalue weighted by molar-refractivity contribution is 7.17. The molecule has 0 spiro atoms. The maximum Gasteiger partial charge on any atom is 0.186 e. The van der Waals surface area contributed by atoms with Crippen LogP contribution in [-0.2, 0) is 0 Å². The highest BCUT2D eigenvalue weighted by atomic mass is 32.1. The second-order valence-electron chi connectivity index (χ2n) is 4.33. The first-order chi connectivity index (χ1) is 7.38. The second kappa shape index (κ2) is 3.59. The summed E-state index contributed by atoms with van der Waals surface area (Å²) in [6.07, 6.45) is 5.92. The van der Waals surface area contributed by atoms with Crippen LogP contribution in [0.15, 0.2) is 0 Å². The highest BCUT2D eigenvalue weighted by Gasteiger charge is 2.30. The van der Waals surface area contributed by atoms with Gasteiger partial charge in [0.05, 0.1) is 10.6 Å². The average Bonchev–Trinajstić information content (AvgIpc) is 2.83. The molecule has 80 valence electrons. The van der Waals surface area contributed by atoms with Crippen LogP contribution in [0.25, 0.3) is 0 Å². The second-order valence-corrected chi connectivity index (χ2v) is 5.34. The van der Waals surface area contributed by atoms with Crippen LogP contribution in [0.1, 0.15) is 47.0 Å². The number of anilines is 1. The van der Waals surface area contributed by atoms with Crippen molar-refractivity contribution in [3.8, 4) is 0 Å². The first kappa shape index (κ1) is 9.33. The molecule has 2 fully saturated rings. The van der Waals surface area contributed by atoms with Crippen LogP contribution in [0, 0.1) is 0 Å². The molecule has 1 aliphatic carbocycles. The molecular weight excluding hydrogens is 208 g/mol. The first-order valence-electron chi connectivity index (χ1n) is 5.59. The molecule has 3 nitrogen and oxygen atoms in total. The third-order valence-corrected chi connectivity index (χ3v) is 4.17. The Labute approximate surface area is 93.1 Å². The minimum atomic E-state index is 0.581. The van der Waals surface area contributed by atoms with Gasteiger partial charge >= 0.3 is 0 Å². The normalized spacial score (nSPS) is 20.9. The zero-order chi connectivity index (χ0) is 10.3. The van der Waals surface area contributed by atoms with E-state index in [1.54, 1.807) is 11.3 Å². The third-order valence-electron chi connectivity index (χ3n) is 3.12. The standard InChI is InChI=1S/C11H14N2OS/c14-7-9-10(8-3-4-8)12-11(15-9)13-5-1-2-6-13/h7-8H,1-6H2. The number of rotatable bonds is 3. The molecule has 0 amide bonds. The van der Waals surface area contributed by atoms with Crippen LogP contribution in [0.3, 0.4) is 0 Å². The van der Waals surface area contributed by atoms with E-state index in [1.807, 2.05) is 0 Å².